The summed E-state index contributed by atoms with van der Waals surface area (Å²) >= 11 is 0. The second-order valence-electron chi connectivity index (χ2n) is 10.8. The summed E-state index contributed by atoms with van der Waals surface area (Å²) in [6.07, 6.45) is 5.01. The minimum Gasteiger partial charge on any atom is -0.494 e. The lowest BCUT2D eigenvalue weighted by Crippen LogP contribution is -2.41. The van der Waals surface area contributed by atoms with Crippen molar-refractivity contribution >= 4 is 28.7 Å². The highest BCUT2D eigenvalue weighted by atomic mass is 16.5. The van der Waals surface area contributed by atoms with Gasteiger partial charge in [0, 0.05) is 37.0 Å². The Bertz CT molecular complexity index is 1330. The molecule has 1 aliphatic heterocycles. The number of fused-ring (bicyclic) bond motifs is 1. The van der Waals surface area contributed by atoms with Crippen LogP contribution in [-0.4, -0.2) is 63.1 Å². The summed E-state index contributed by atoms with van der Waals surface area (Å²) in [5.41, 5.74) is 1.52. The molecule has 0 amide bonds. The molecule has 8 heteroatoms. The van der Waals surface area contributed by atoms with E-state index in [1.807, 2.05) is 0 Å². The minimum atomic E-state index is -0.514. The number of furan rings is 1. The monoisotopic (exact) mass is 563 g/mol. The van der Waals surface area contributed by atoms with E-state index in [2.05, 4.69) is 18.7 Å². The molecule has 1 aromatic heterocycles. The van der Waals surface area contributed by atoms with Crippen LogP contribution in [0.1, 0.15) is 78.0 Å². The topological polar surface area (TPSA) is 95.3 Å². The van der Waals surface area contributed by atoms with E-state index < -0.39 is 11.9 Å². The van der Waals surface area contributed by atoms with Gasteiger partial charge in [0.15, 0.2) is 5.78 Å². The Morgan fingerprint density at radius 1 is 0.927 bits per heavy atom. The van der Waals surface area contributed by atoms with Crippen LogP contribution in [0, 0.1) is 11.8 Å². The number of likely N-dealkylation sites (tertiary alicyclic amines) is 1. The molecule has 0 aliphatic carbocycles. The predicted octanol–water partition coefficient (Wildman–Crippen LogP) is 6.08. The van der Waals surface area contributed by atoms with Gasteiger partial charge in [-0.2, -0.15) is 0 Å². The third-order valence-corrected chi connectivity index (χ3v) is 8.05. The number of methoxy groups -OCH3 is 2. The van der Waals surface area contributed by atoms with E-state index in [1.54, 1.807) is 42.5 Å². The quantitative estimate of drug-likeness (QED) is 0.140. The number of nitrogens with zero attached hydrogens (tertiary/aromatic N) is 1. The summed E-state index contributed by atoms with van der Waals surface area (Å²) in [7, 11) is 2.62. The van der Waals surface area contributed by atoms with Gasteiger partial charge in [0.2, 0.25) is 0 Å². The molecule has 41 heavy (non-hydrogen) atoms. The SMILES string of the molecule is CCC1CC(CC)CN(CCCOc2ccc(C(=O)c3c(CCC(=O)OC)oc4ccc(C(=O)OC)cc34)cc2)C1. The molecule has 3 aromatic rings. The molecule has 0 spiro atoms. The fourth-order valence-electron chi connectivity index (χ4n) is 5.66. The van der Waals surface area contributed by atoms with E-state index in [9.17, 15) is 14.4 Å². The lowest BCUT2D eigenvalue weighted by atomic mass is 9.86. The zero-order valence-corrected chi connectivity index (χ0v) is 24.6. The molecular formula is C33H41NO7. The molecule has 4 rings (SSSR count). The van der Waals surface area contributed by atoms with Crippen LogP contribution in [0.2, 0.25) is 0 Å². The average Bonchev–Trinajstić information content (AvgIpc) is 3.38. The molecule has 0 N–H and O–H groups in total. The number of ketones is 1. The second kappa shape index (κ2) is 14.3. The van der Waals surface area contributed by atoms with Crippen LogP contribution in [0.4, 0.5) is 0 Å². The number of piperidine rings is 1. The highest BCUT2D eigenvalue weighted by Crippen LogP contribution is 2.31. The Hall–Kier alpha value is -3.65. The molecule has 8 nitrogen and oxygen atoms in total. The van der Waals surface area contributed by atoms with E-state index in [1.165, 1.54) is 46.6 Å². The summed E-state index contributed by atoms with van der Waals surface area (Å²) in [5, 5.41) is 0.492. The van der Waals surface area contributed by atoms with Crippen LogP contribution in [0.25, 0.3) is 11.0 Å². The molecule has 1 aliphatic rings. The molecule has 0 bridgehead atoms. The number of esters is 2. The lowest BCUT2D eigenvalue weighted by molar-refractivity contribution is -0.140. The van der Waals surface area contributed by atoms with Crippen LogP contribution in [0.15, 0.2) is 46.9 Å². The molecule has 2 heterocycles. The third kappa shape index (κ3) is 7.55. The standard InChI is InChI=1S/C33H41NO7/c1-5-22-18-23(6-2)21-34(20-22)16-7-17-40-26-11-8-24(9-12-26)32(36)31-27-19-25(33(37)39-4)10-13-28(27)41-29(31)14-15-30(35)38-3/h8-13,19,22-23H,5-7,14-18,20-21H2,1-4H3. The first-order chi connectivity index (χ1) is 19.9. The zero-order valence-electron chi connectivity index (χ0n) is 24.6. The molecule has 2 unspecified atom stereocenters. The van der Waals surface area contributed by atoms with Crippen molar-refractivity contribution in [3.63, 3.8) is 0 Å². The molecule has 2 aromatic carbocycles. The van der Waals surface area contributed by atoms with E-state index >= 15 is 0 Å². The van der Waals surface area contributed by atoms with Crippen molar-refractivity contribution in [1.82, 2.24) is 4.90 Å². The van der Waals surface area contributed by atoms with Crippen molar-refractivity contribution in [3.8, 4) is 5.75 Å². The van der Waals surface area contributed by atoms with Gasteiger partial charge in [0.25, 0.3) is 0 Å². The van der Waals surface area contributed by atoms with Crippen molar-refractivity contribution in [3.05, 3.63) is 64.9 Å². The number of aryl methyl sites for hydroxylation is 1. The zero-order chi connectivity index (χ0) is 29.4. The Kier molecular flexibility index (Phi) is 10.6. The van der Waals surface area contributed by atoms with Crippen molar-refractivity contribution < 1.29 is 33.0 Å². The highest BCUT2D eigenvalue weighted by Gasteiger charge is 2.26. The Labute approximate surface area is 241 Å². The van der Waals surface area contributed by atoms with E-state index in [-0.39, 0.29) is 18.6 Å². The normalized spacial score (nSPS) is 17.4. The molecule has 220 valence electrons. The van der Waals surface area contributed by atoms with Gasteiger partial charge < -0.3 is 23.5 Å². The van der Waals surface area contributed by atoms with Gasteiger partial charge in [-0.1, -0.05) is 26.7 Å². The van der Waals surface area contributed by atoms with Gasteiger partial charge in [-0.05, 0) is 67.1 Å². The predicted molar refractivity (Wildman–Crippen MR) is 156 cm³/mol. The van der Waals surface area contributed by atoms with E-state index in [4.69, 9.17) is 18.6 Å². The number of benzene rings is 2. The van der Waals surface area contributed by atoms with Crippen LogP contribution >= 0.6 is 0 Å². The number of ether oxygens (including phenoxy) is 3. The first-order valence-electron chi connectivity index (χ1n) is 14.6. The average molecular weight is 564 g/mol. The van der Waals surface area contributed by atoms with E-state index in [0.717, 1.165) is 24.8 Å². The number of rotatable bonds is 13. The summed E-state index contributed by atoms with van der Waals surface area (Å²) in [6, 6.07) is 11.9. The number of hydrogen-bond acceptors (Lipinski definition) is 8. The molecule has 1 saturated heterocycles. The summed E-state index contributed by atoms with van der Waals surface area (Å²) in [6.45, 7) is 8.56. The maximum Gasteiger partial charge on any atom is 0.337 e. The van der Waals surface area contributed by atoms with Crippen LogP contribution in [0.3, 0.4) is 0 Å². The third-order valence-electron chi connectivity index (χ3n) is 8.05. The van der Waals surface area contributed by atoms with Gasteiger partial charge in [-0.3, -0.25) is 9.59 Å². The maximum absolute atomic E-state index is 13.7. The van der Waals surface area contributed by atoms with Gasteiger partial charge in [0.1, 0.15) is 17.1 Å². The van der Waals surface area contributed by atoms with Crippen molar-refractivity contribution in [2.45, 2.75) is 52.4 Å². The number of carbonyl (C=O) groups excluding carboxylic acids is 3. The molecule has 2 atom stereocenters. The highest BCUT2D eigenvalue weighted by molar-refractivity contribution is 6.17. The molecular weight excluding hydrogens is 522 g/mol. The van der Waals surface area contributed by atoms with Crippen molar-refractivity contribution in [1.29, 1.82) is 0 Å². The Morgan fingerprint density at radius 2 is 1.61 bits per heavy atom. The van der Waals surface area contributed by atoms with Gasteiger partial charge in [0.05, 0.1) is 38.4 Å². The van der Waals surface area contributed by atoms with Crippen LogP contribution in [-0.2, 0) is 20.7 Å². The second-order valence-corrected chi connectivity index (χ2v) is 10.8. The first-order valence-corrected chi connectivity index (χ1v) is 14.6. The van der Waals surface area contributed by atoms with Crippen LogP contribution in [0.5, 0.6) is 5.75 Å². The molecule has 1 fully saturated rings. The summed E-state index contributed by atoms with van der Waals surface area (Å²) < 4.78 is 21.6. The van der Waals surface area contributed by atoms with Crippen molar-refractivity contribution in [2.75, 3.05) is 40.5 Å². The maximum atomic E-state index is 13.7. The molecule has 0 saturated carbocycles. The largest absolute Gasteiger partial charge is 0.494 e. The Balaban J connectivity index is 1.44. The van der Waals surface area contributed by atoms with Crippen LogP contribution < -0.4 is 4.74 Å². The van der Waals surface area contributed by atoms with Crippen molar-refractivity contribution in [2.24, 2.45) is 11.8 Å². The summed E-state index contributed by atoms with van der Waals surface area (Å²) in [4.78, 5) is 40.2. The smallest absolute Gasteiger partial charge is 0.337 e. The Morgan fingerprint density at radius 3 is 2.24 bits per heavy atom. The number of hydrogen-bond donors (Lipinski definition) is 0. The fourth-order valence-corrected chi connectivity index (χ4v) is 5.66. The summed E-state index contributed by atoms with van der Waals surface area (Å²) in [5.74, 6) is 1.47. The lowest BCUT2D eigenvalue weighted by Gasteiger charge is -2.37. The van der Waals surface area contributed by atoms with Gasteiger partial charge in [-0.15, -0.1) is 0 Å². The molecule has 0 radical (unpaired) electrons. The van der Waals surface area contributed by atoms with Gasteiger partial charge >= 0.3 is 11.9 Å². The van der Waals surface area contributed by atoms with Gasteiger partial charge in [-0.25, -0.2) is 4.79 Å². The first kappa shape index (κ1) is 30.3. The van der Waals surface area contributed by atoms with E-state index in [0.29, 0.717) is 45.8 Å². The fraction of sp³-hybridized carbons (Fsp3) is 0.485. The number of carbonyl (C=O) groups is 3. The minimum absolute atomic E-state index is 0.0584.